The number of fused-ring (bicyclic) bond motifs is 3. The Kier molecular flexibility index (Phi) is 3.50. The first-order valence-corrected chi connectivity index (χ1v) is 7.04. The number of benzene rings is 1. The van der Waals surface area contributed by atoms with E-state index in [1.54, 1.807) is 0 Å². The monoisotopic (exact) mass is 267 g/mol. The van der Waals surface area contributed by atoms with E-state index in [0.29, 0.717) is 6.61 Å². The van der Waals surface area contributed by atoms with Crippen LogP contribution in [0.15, 0.2) is 47.5 Å². The van der Waals surface area contributed by atoms with Crippen LogP contribution in [0.25, 0.3) is 5.57 Å². The van der Waals surface area contributed by atoms with Gasteiger partial charge in [-0.1, -0.05) is 49.8 Å². The highest BCUT2D eigenvalue weighted by Crippen LogP contribution is 2.39. The molecule has 1 aliphatic carbocycles. The Bertz CT molecular complexity index is 626. The molecule has 3 nitrogen and oxygen atoms in total. The molecule has 0 aromatic heterocycles. The van der Waals surface area contributed by atoms with Crippen molar-refractivity contribution in [2.45, 2.75) is 19.8 Å². The zero-order valence-electron chi connectivity index (χ0n) is 11.5. The standard InChI is InChI=1S/C17H17NO2/c1-2-3-11-20-17(19)14-9-6-8-13-12-7-4-5-10-15(12)18-16(13)14/h4-10,14H,2-3,11H2,1H3. The van der Waals surface area contributed by atoms with Gasteiger partial charge in [0.2, 0.25) is 0 Å². The van der Waals surface area contributed by atoms with E-state index in [9.17, 15) is 4.79 Å². The molecule has 3 heteroatoms. The lowest BCUT2D eigenvalue weighted by molar-refractivity contribution is -0.144. The number of allylic oxidation sites excluding steroid dienone is 3. The summed E-state index contributed by atoms with van der Waals surface area (Å²) in [6.45, 7) is 2.56. The van der Waals surface area contributed by atoms with Crippen molar-refractivity contribution in [1.29, 1.82) is 0 Å². The van der Waals surface area contributed by atoms with Crippen LogP contribution in [0, 0.1) is 5.92 Å². The summed E-state index contributed by atoms with van der Waals surface area (Å²) in [4.78, 5) is 16.8. The number of aliphatic imine (C=N–C) groups is 1. The highest BCUT2D eigenvalue weighted by Gasteiger charge is 2.32. The quantitative estimate of drug-likeness (QED) is 0.616. The highest BCUT2D eigenvalue weighted by atomic mass is 16.5. The van der Waals surface area contributed by atoms with Gasteiger partial charge in [-0.25, -0.2) is 0 Å². The average molecular weight is 267 g/mol. The average Bonchev–Trinajstić information content (AvgIpc) is 2.86. The maximum Gasteiger partial charge on any atom is 0.318 e. The van der Waals surface area contributed by atoms with E-state index in [-0.39, 0.29) is 11.9 Å². The molecule has 0 bridgehead atoms. The number of para-hydroxylation sites is 1. The molecule has 1 unspecified atom stereocenters. The summed E-state index contributed by atoms with van der Waals surface area (Å²) >= 11 is 0. The van der Waals surface area contributed by atoms with Crippen LogP contribution in [0.2, 0.25) is 0 Å². The van der Waals surface area contributed by atoms with E-state index in [4.69, 9.17) is 4.74 Å². The van der Waals surface area contributed by atoms with Crippen LogP contribution in [-0.4, -0.2) is 18.3 Å². The van der Waals surface area contributed by atoms with Gasteiger partial charge in [-0.2, -0.15) is 0 Å². The number of rotatable bonds is 4. The second kappa shape index (κ2) is 5.45. The van der Waals surface area contributed by atoms with Gasteiger partial charge in [-0.3, -0.25) is 9.79 Å². The Hall–Kier alpha value is -2.16. The first-order chi connectivity index (χ1) is 9.81. The predicted molar refractivity (Wildman–Crippen MR) is 80.0 cm³/mol. The molecule has 0 fully saturated rings. The maximum absolute atomic E-state index is 12.2. The Balaban J connectivity index is 1.82. The number of carbonyl (C=O) groups excluding carboxylic acids is 1. The van der Waals surface area contributed by atoms with Gasteiger partial charge >= 0.3 is 5.97 Å². The van der Waals surface area contributed by atoms with E-state index in [1.807, 2.05) is 42.5 Å². The van der Waals surface area contributed by atoms with Gasteiger partial charge < -0.3 is 4.74 Å². The van der Waals surface area contributed by atoms with Crippen molar-refractivity contribution < 1.29 is 9.53 Å². The van der Waals surface area contributed by atoms with Gasteiger partial charge in [0.25, 0.3) is 0 Å². The van der Waals surface area contributed by atoms with Crippen molar-refractivity contribution in [3.63, 3.8) is 0 Å². The number of nitrogens with zero attached hydrogens (tertiary/aromatic N) is 1. The summed E-state index contributed by atoms with van der Waals surface area (Å²) in [5, 5.41) is 0. The van der Waals surface area contributed by atoms with Crippen LogP contribution >= 0.6 is 0 Å². The second-order valence-electron chi connectivity index (χ2n) is 4.98. The number of unbranched alkanes of at least 4 members (excludes halogenated alkanes) is 1. The summed E-state index contributed by atoms with van der Waals surface area (Å²) < 4.78 is 5.33. The molecule has 20 heavy (non-hydrogen) atoms. The molecule has 1 aromatic rings. The fraction of sp³-hybridized carbons (Fsp3) is 0.294. The van der Waals surface area contributed by atoms with Crippen molar-refractivity contribution in [2.75, 3.05) is 6.61 Å². The minimum atomic E-state index is -0.376. The summed E-state index contributed by atoms with van der Waals surface area (Å²) in [6.07, 6.45) is 7.72. The molecular formula is C17H17NO2. The topological polar surface area (TPSA) is 38.7 Å². The smallest absolute Gasteiger partial charge is 0.318 e. The van der Waals surface area contributed by atoms with E-state index in [2.05, 4.69) is 11.9 Å². The Morgan fingerprint density at radius 3 is 3.05 bits per heavy atom. The molecular weight excluding hydrogens is 250 g/mol. The zero-order chi connectivity index (χ0) is 13.9. The number of ether oxygens (including phenoxy) is 1. The number of hydrogen-bond acceptors (Lipinski definition) is 3. The molecule has 0 amide bonds. The minimum Gasteiger partial charge on any atom is -0.465 e. The summed E-state index contributed by atoms with van der Waals surface area (Å²) in [5.74, 6) is -0.578. The second-order valence-corrected chi connectivity index (χ2v) is 4.98. The molecule has 102 valence electrons. The van der Waals surface area contributed by atoms with Crippen molar-refractivity contribution in [1.82, 2.24) is 0 Å². The Morgan fingerprint density at radius 2 is 2.20 bits per heavy atom. The number of hydrogen-bond donors (Lipinski definition) is 0. The Morgan fingerprint density at radius 1 is 1.35 bits per heavy atom. The lowest BCUT2D eigenvalue weighted by atomic mass is 9.89. The van der Waals surface area contributed by atoms with E-state index < -0.39 is 0 Å². The molecule has 0 saturated heterocycles. The van der Waals surface area contributed by atoms with Gasteiger partial charge in [0.1, 0.15) is 5.92 Å². The highest BCUT2D eigenvalue weighted by molar-refractivity contribution is 6.35. The van der Waals surface area contributed by atoms with E-state index in [0.717, 1.165) is 35.4 Å². The fourth-order valence-electron chi connectivity index (χ4n) is 2.49. The molecule has 1 atom stereocenters. The predicted octanol–water partition coefficient (Wildman–Crippen LogP) is 3.69. The largest absolute Gasteiger partial charge is 0.465 e. The fourth-order valence-corrected chi connectivity index (χ4v) is 2.49. The molecule has 0 saturated carbocycles. The molecule has 1 heterocycles. The van der Waals surface area contributed by atoms with E-state index >= 15 is 0 Å². The van der Waals surface area contributed by atoms with Crippen molar-refractivity contribution in [2.24, 2.45) is 10.9 Å². The third-order valence-electron chi connectivity index (χ3n) is 3.57. The zero-order valence-corrected chi connectivity index (χ0v) is 11.5. The molecule has 1 aliphatic heterocycles. The summed E-state index contributed by atoms with van der Waals surface area (Å²) in [6, 6.07) is 7.96. The third kappa shape index (κ3) is 2.20. The van der Waals surface area contributed by atoms with Gasteiger partial charge in [-0.05, 0) is 12.5 Å². The molecule has 0 spiro atoms. The summed E-state index contributed by atoms with van der Waals surface area (Å²) in [5.41, 5.74) is 3.89. The van der Waals surface area contributed by atoms with Crippen LogP contribution in [0.5, 0.6) is 0 Å². The number of esters is 1. The van der Waals surface area contributed by atoms with E-state index in [1.165, 1.54) is 0 Å². The third-order valence-corrected chi connectivity index (χ3v) is 3.57. The Labute approximate surface area is 118 Å². The molecule has 0 radical (unpaired) electrons. The SMILES string of the molecule is CCCCOC(=O)C1C=CC=C2C1=Nc1ccccc12. The van der Waals surface area contributed by atoms with Gasteiger partial charge in [0.15, 0.2) is 0 Å². The minimum absolute atomic E-state index is 0.202. The first-order valence-electron chi connectivity index (χ1n) is 7.04. The van der Waals surface area contributed by atoms with Crippen molar-refractivity contribution >= 4 is 22.9 Å². The molecule has 2 aliphatic rings. The van der Waals surface area contributed by atoms with Gasteiger partial charge in [-0.15, -0.1) is 0 Å². The normalized spacial score (nSPS) is 18.9. The number of carbonyl (C=O) groups is 1. The molecule has 1 aromatic carbocycles. The van der Waals surface area contributed by atoms with Crippen LogP contribution in [0.1, 0.15) is 25.3 Å². The molecule has 3 rings (SSSR count). The van der Waals surface area contributed by atoms with Crippen LogP contribution in [-0.2, 0) is 9.53 Å². The van der Waals surface area contributed by atoms with Crippen LogP contribution in [0.4, 0.5) is 5.69 Å². The van der Waals surface area contributed by atoms with Crippen molar-refractivity contribution in [3.05, 3.63) is 48.1 Å². The molecule has 0 N–H and O–H groups in total. The van der Waals surface area contributed by atoms with Gasteiger partial charge in [0, 0.05) is 11.1 Å². The maximum atomic E-state index is 12.2. The van der Waals surface area contributed by atoms with Crippen LogP contribution in [0.3, 0.4) is 0 Å². The van der Waals surface area contributed by atoms with Gasteiger partial charge in [0.05, 0.1) is 18.0 Å². The van der Waals surface area contributed by atoms with Crippen molar-refractivity contribution in [3.8, 4) is 0 Å². The lowest BCUT2D eigenvalue weighted by Crippen LogP contribution is -2.25. The summed E-state index contributed by atoms with van der Waals surface area (Å²) in [7, 11) is 0. The first kappa shape index (κ1) is 12.9. The van der Waals surface area contributed by atoms with Crippen LogP contribution < -0.4 is 0 Å². The lowest BCUT2D eigenvalue weighted by Gasteiger charge is -2.16.